The Balaban J connectivity index is 2.79. The summed E-state index contributed by atoms with van der Waals surface area (Å²) in [4.78, 5) is 0.856. The lowest BCUT2D eigenvalue weighted by molar-refractivity contribution is 0.669. The van der Waals surface area contributed by atoms with Gasteiger partial charge in [0, 0.05) is 4.90 Å². The zero-order chi connectivity index (χ0) is 13.5. The highest BCUT2D eigenvalue weighted by Gasteiger charge is 2.18. The van der Waals surface area contributed by atoms with Crippen molar-refractivity contribution >= 4 is 10.8 Å². The van der Waals surface area contributed by atoms with Crippen molar-refractivity contribution < 1.29 is 4.21 Å². The molecule has 1 nitrogen and oxygen atoms in total. The summed E-state index contributed by atoms with van der Waals surface area (Å²) >= 11 is 0. The second-order valence-electron chi connectivity index (χ2n) is 4.35. The van der Waals surface area contributed by atoms with E-state index in [2.05, 4.69) is 19.7 Å². The monoisotopic (exact) mass is 260 g/mol. The van der Waals surface area contributed by atoms with Crippen LogP contribution in [0.15, 0.2) is 72.2 Å². The Morgan fingerprint density at radius 3 is 2.44 bits per heavy atom. The van der Waals surface area contributed by atoms with Crippen LogP contribution in [0.4, 0.5) is 0 Å². The van der Waals surface area contributed by atoms with Gasteiger partial charge in [0.05, 0.1) is 16.0 Å². The first-order valence-corrected chi connectivity index (χ1v) is 7.18. The standard InChI is InChI=1S/C16H20OS/c1-5-14(4)11-12-16(13(2)3)18(17)15-9-7-6-8-10-15/h5-10,16H,1-2,4,11-12H2,3H3. The molecule has 0 saturated heterocycles. The van der Waals surface area contributed by atoms with Crippen LogP contribution in [0.25, 0.3) is 0 Å². The highest BCUT2D eigenvalue weighted by Crippen LogP contribution is 2.22. The smallest absolute Gasteiger partial charge is 0.0602 e. The molecule has 0 aromatic heterocycles. The van der Waals surface area contributed by atoms with Crippen LogP contribution in [-0.4, -0.2) is 9.46 Å². The van der Waals surface area contributed by atoms with E-state index in [0.29, 0.717) is 0 Å². The minimum Gasteiger partial charge on any atom is -0.254 e. The molecule has 0 bridgehead atoms. The van der Waals surface area contributed by atoms with Crippen molar-refractivity contribution in [2.45, 2.75) is 29.9 Å². The largest absolute Gasteiger partial charge is 0.254 e. The Morgan fingerprint density at radius 2 is 1.94 bits per heavy atom. The molecule has 0 fully saturated rings. The van der Waals surface area contributed by atoms with E-state index in [0.717, 1.165) is 28.9 Å². The molecule has 0 radical (unpaired) electrons. The molecule has 1 aromatic carbocycles. The average Bonchev–Trinajstić information content (AvgIpc) is 2.39. The summed E-state index contributed by atoms with van der Waals surface area (Å²) in [6, 6.07) is 9.54. The lowest BCUT2D eigenvalue weighted by Crippen LogP contribution is -2.16. The predicted molar refractivity (Wildman–Crippen MR) is 80.0 cm³/mol. The number of hydrogen-bond acceptors (Lipinski definition) is 1. The molecule has 2 heteroatoms. The molecule has 0 spiro atoms. The van der Waals surface area contributed by atoms with E-state index in [1.54, 1.807) is 6.08 Å². The normalized spacial score (nSPS) is 13.6. The lowest BCUT2D eigenvalue weighted by Gasteiger charge is -2.16. The average molecular weight is 260 g/mol. The molecular formula is C16H20OS. The zero-order valence-electron chi connectivity index (χ0n) is 10.9. The van der Waals surface area contributed by atoms with Crippen molar-refractivity contribution in [3.8, 4) is 0 Å². The quantitative estimate of drug-likeness (QED) is 0.529. The van der Waals surface area contributed by atoms with Gasteiger partial charge in [-0.2, -0.15) is 0 Å². The third-order valence-corrected chi connectivity index (χ3v) is 4.69. The Hall–Kier alpha value is -1.41. The van der Waals surface area contributed by atoms with Crippen molar-refractivity contribution in [3.63, 3.8) is 0 Å². The maximum absolute atomic E-state index is 12.5. The Labute approximate surface area is 112 Å². The van der Waals surface area contributed by atoms with Gasteiger partial charge >= 0.3 is 0 Å². The molecule has 2 atom stereocenters. The van der Waals surface area contributed by atoms with Crippen LogP contribution in [0.5, 0.6) is 0 Å². The molecule has 0 N–H and O–H groups in total. The maximum Gasteiger partial charge on any atom is 0.0602 e. The second-order valence-corrected chi connectivity index (χ2v) is 5.98. The van der Waals surface area contributed by atoms with Crippen LogP contribution in [0.2, 0.25) is 0 Å². The van der Waals surface area contributed by atoms with E-state index in [1.165, 1.54) is 0 Å². The first-order chi connectivity index (χ1) is 8.56. The van der Waals surface area contributed by atoms with Gasteiger partial charge in [-0.25, -0.2) is 0 Å². The fourth-order valence-electron chi connectivity index (χ4n) is 1.67. The van der Waals surface area contributed by atoms with Crippen molar-refractivity contribution in [2.24, 2.45) is 0 Å². The van der Waals surface area contributed by atoms with E-state index < -0.39 is 10.8 Å². The minimum atomic E-state index is -1.04. The first kappa shape index (κ1) is 14.7. The number of allylic oxidation sites excluding steroid dienone is 2. The summed E-state index contributed by atoms with van der Waals surface area (Å²) in [6.45, 7) is 13.5. The second kappa shape index (κ2) is 7.12. The SMILES string of the molecule is C=CC(=C)CCC(C(=C)C)S(=O)c1ccccc1. The highest BCUT2D eigenvalue weighted by atomic mass is 32.2. The van der Waals surface area contributed by atoms with Gasteiger partial charge in [0.1, 0.15) is 0 Å². The Bertz CT molecular complexity index is 459. The summed E-state index contributed by atoms with van der Waals surface area (Å²) in [6.07, 6.45) is 3.35. The number of rotatable bonds is 7. The topological polar surface area (TPSA) is 17.1 Å². The van der Waals surface area contributed by atoms with E-state index in [9.17, 15) is 4.21 Å². The molecule has 0 aliphatic carbocycles. The number of benzene rings is 1. The summed E-state index contributed by atoms with van der Waals surface area (Å²) in [5.74, 6) is 0. The van der Waals surface area contributed by atoms with Gasteiger partial charge in [0.15, 0.2) is 0 Å². The van der Waals surface area contributed by atoms with Gasteiger partial charge in [0.2, 0.25) is 0 Å². The fraction of sp³-hybridized carbons (Fsp3) is 0.250. The van der Waals surface area contributed by atoms with Crippen LogP contribution in [0, 0.1) is 0 Å². The van der Waals surface area contributed by atoms with Crippen LogP contribution in [0.1, 0.15) is 19.8 Å². The first-order valence-electron chi connectivity index (χ1n) is 5.97. The van der Waals surface area contributed by atoms with Gasteiger partial charge in [-0.1, -0.05) is 55.2 Å². The molecule has 0 amide bonds. The van der Waals surface area contributed by atoms with Crippen molar-refractivity contribution in [1.82, 2.24) is 0 Å². The van der Waals surface area contributed by atoms with Crippen LogP contribution >= 0.6 is 0 Å². The molecule has 18 heavy (non-hydrogen) atoms. The van der Waals surface area contributed by atoms with Gasteiger partial charge < -0.3 is 0 Å². The molecule has 2 unspecified atom stereocenters. The van der Waals surface area contributed by atoms with Gasteiger partial charge in [0.25, 0.3) is 0 Å². The predicted octanol–water partition coefficient (Wildman–Crippen LogP) is 4.26. The molecule has 0 heterocycles. The Kier molecular flexibility index (Phi) is 5.79. The third kappa shape index (κ3) is 4.11. The molecule has 1 aromatic rings. The Morgan fingerprint density at radius 1 is 1.33 bits per heavy atom. The molecule has 0 saturated carbocycles. The van der Waals surface area contributed by atoms with Crippen molar-refractivity contribution in [1.29, 1.82) is 0 Å². The van der Waals surface area contributed by atoms with Crippen LogP contribution in [0.3, 0.4) is 0 Å². The fourth-order valence-corrected chi connectivity index (χ4v) is 3.12. The molecule has 1 rings (SSSR count). The number of hydrogen-bond donors (Lipinski definition) is 0. The van der Waals surface area contributed by atoms with Gasteiger partial charge in [-0.05, 0) is 31.9 Å². The van der Waals surface area contributed by atoms with Crippen molar-refractivity contribution in [2.75, 3.05) is 0 Å². The van der Waals surface area contributed by atoms with E-state index in [-0.39, 0.29) is 5.25 Å². The summed E-state index contributed by atoms with van der Waals surface area (Å²) in [5.41, 5.74) is 1.93. The van der Waals surface area contributed by atoms with Crippen LogP contribution < -0.4 is 0 Å². The van der Waals surface area contributed by atoms with Gasteiger partial charge in [-0.15, -0.1) is 0 Å². The van der Waals surface area contributed by atoms with Gasteiger partial charge in [-0.3, -0.25) is 4.21 Å². The third-order valence-electron chi connectivity index (χ3n) is 2.80. The van der Waals surface area contributed by atoms with E-state index >= 15 is 0 Å². The lowest BCUT2D eigenvalue weighted by atomic mass is 10.1. The summed E-state index contributed by atoms with van der Waals surface area (Å²) in [5, 5.41) is -0.0240. The van der Waals surface area contributed by atoms with Crippen LogP contribution in [-0.2, 0) is 10.8 Å². The van der Waals surface area contributed by atoms with E-state index in [1.807, 2.05) is 37.3 Å². The maximum atomic E-state index is 12.5. The van der Waals surface area contributed by atoms with Crippen molar-refractivity contribution in [3.05, 3.63) is 67.3 Å². The summed E-state index contributed by atoms with van der Waals surface area (Å²) in [7, 11) is -1.04. The minimum absolute atomic E-state index is 0.0240. The van der Waals surface area contributed by atoms with E-state index in [4.69, 9.17) is 0 Å². The highest BCUT2D eigenvalue weighted by molar-refractivity contribution is 7.86. The zero-order valence-corrected chi connectivity index (χ0v) is 11.7. The molecule has 0 aliphatic rings. The summed E-state index contributed by atoms with van der Waals surface area (Å²) < 4.78 is 12.5. The molecular weight excluding hydrogens is 240 g/mol. The molecule has 96 valence electrons. The molecule has 0 aliphatic heterocycles.